The largest absolute Gasteiger partial charge is 0.493 e. The first-order valence-corrected chi connectivity index (χ1v) is 17.1. The topological polar surface area (TPSA) is 33.2 Å². The average molecular weight is 594 g/mol. The quantitative estimate of drug-likeness (QED) is 0.180. The number of aryl methyl sites for hydroxylation is 4. The van der Waals surface area contributed by atoms with E-state index in [9.17, 15) is 0 Å². The molecular weight excluding hydrogens is 549 g/mol. The zero-order chi connectivity index (χ0) is 30.2. The molecule has 43 heavy (non-hydrogen) atoms. The van der Waals surface area contributed by atoms with Crippen molar-refractivity contribution in [3.8, 4) is 17.2 Å². The SMILES string of the molecule is CCc1ccc(C)n1C.CCc1ccc2n1P(Cc1cccc3c1Oc1c(cccc1OC)C3)n1c(CC)ccc1C2C. The number of hydrogen-bond donors (Lipinski definition) is 0. The number of rotatable bonds is 6. The Balaban J connectivity index is 0.000000315. The van der Waals surface area contributed by atoms with Gasteiger partial charge >= 0.3 is 0 Å². The standard InChI is InChI=1S/C29H31N2O2P.C8H13N/c1-5-23-13-15-25-19(3)26-16-14-24(6-2)31(26)34(30(23)25)18-22-11-7-9-20-17-21-10-8-12-27(32-4)29(21)33-28(20)22;1-4-8-6-5-7(2)9(8)3/h7-16,19H,5-6,17-18H2,1-4H3;5-6H,4H2,1-3H3. The molecule has 0 spiro atoms. The number of methoxy groups -OCH3 is 1. The third kappa shape index (κ3) is 5.12. The van der Waals surface area contributed by atoms with Crippen molar-refractivity contribution in [2.45, 2.75) is 72.4 Å². The van der Waals surface area contributed by atoms with E-state index < -0.39 is 8.22 Å². The number of ether oxygens (including phenoxy) is 2. The number of fused-ring (bicyclic) bond motifs is 4. The number of benzene rings is 2. The van der Waals surface area contributed by atoms with Gasteiger partial charge in [-0.15, -0.1) is 0 Å². The van der Waals surface area contributed by atoms with Crippen LogP contribution in [-0.4, -0.2) is 20.4 Å². The van der Waals surface area contributed by atoms with E-state index in [0.717, 1.165) is 49.1 Å². The summed E-state index contributed by atoms with van der Waals surface area (Å²) in [6.45, 7) is 11.2. The molecule has 0 aliphatic carbocycles. The maximum atomic E-state index is 6.61. The molecule has 0 radical (unpaired) electrons. The van der Waals surface area contributed by atoms with Gasteiger partial charge < -0.3 is 22.7 Å². The number of hydrogen-bond acceptors (Lipinski definition) is 2. The van der Waals surface area contributed by atoms with Crippen LogP contribution in [-0.2, 0) is 38.9 Å². The molecule has 0 unspecified atom stereocenters. The molecule has 224 valence electrons. The van der Waals surface area contributed by atoms with Crippen LogP contribution in [0.2, 0.25) is 0 Å². The van der Waals surface area contributed by atoms with Gasteiger partial charge in [-0.25, -0.2) is 0 Å². The summed E-state index contributed by atoms with van der Waals surface area (Å²) in [5.74, 6) is 3.08. The van der Waals surface area contributed by atoms with Gasteiger partial charge in [0.15, 0.2) is 11.5 Å². The number of para-hydroxylation sites is 2. The lowest BCUT2D eigenvalue weighted by atomic mass is 9.98. The third-order valence-corrected chi connectivity index (χ3v) is 11.7. The summed E-state index contributed by atoms with van der Waals surface area (Å²) in [5.41, 5.74) is 12.2. The molecule has 3 aromatic heterocycles. The summed E-state index contributed by atoms with van der Waals surface area (Å²) >= 11 is 0. The highest BCUT2D eigenvalue weighted by Gasteiger charge is 2.34. The van der Waals surface area contributed by atoms with Crippen LogP contribution in [0.3, 0.4) is 0 Å². The van der Waals surface area contributed by atoms with Crippen molar-refractivity contribution < 1.29 is 9.47 Å². The molecule has 5 heterocycles. The van der Waals surface area contributed by atoms with E-state index in [-0.39, 0.29) is 0 Å². The second-order valence-electron chi connectivity index (χ2n) is 11.6. The minimum Gasteiger partial charge on any atom is -0.493 e. The molecule has 7 rings (SSSR count). The molecule has 0 saturated carbocycles. The highest BCUT2D eigenvalue weighted by molar-refractivity contribution is 7.53. The molecule has 0 fully saturated rings. The van der Waals surface area contributed by atoms with Crippen molar-refractivity contribution in [2.24, 2.45) is 7.05 Å². The Kier molecular flexibility index (Phi) is 8.29. The molecule has 5 nitrogen and oxygen atoms in total. The highest BCUT2D eigenvalue weighted by Crippen LogP contribution is 2.56. The van der Waals surface area contributed by atoms with E-state index in [4.69, 9.17) is 9.47 Å². The van der Waals surface area contributed by atoms with Crippen LogP contribution in [0.5, 0.6) is 17.2 Å². The van der Waals surface area contributed by atoms with Crippen molar-refractivity contribution in [3.05, 3.63) is 124 Å². The predicted molar refractivity (Wildman–Crippen MR) is 178 cm³/mol. The summed E-state index contributed by atoms with van der Waals surface area (Å²) < 4.78 is 19.8. The second kappa shape index (κ2) is 12.1. The fourth-order valence-electron chi connectivity index (χ4n) is 6.60. The molecule has 0 amide bonds. The van der Waals surface area contributed by atoms with Gasteiger partial charge in [0.2, 0.25) is 0 Å². The Morgan fingerprint density at radius 2 is 1.35 bits per heavy atom. The molecule has 5 aromatic rings. The Morgan fingerprint density at radius 3 is 1.88 bits per heavy atom. The molecule has 2 aromatic carbocycles. The maximum Gasteiger partial charge on any atom is 0.172 e. The first kappa shape index (κ1) is 29.4. The van der Waals surface area contributed by atoms with E-state index in [1.165, 1.54) is 50.9 Å². The van der Waals surface area contributed by atoms with E-state index in [1.807, 2.05) is 12.1 Å². The van der Waals surface area contributed by atoms with Crippen molar-refractivity contribution >= 4 is 8.22 Å². The van der Waals surface area contributed by atoms with Crippen molar-refractivity contribution in [1.82, 2.24) is 13.2 Å². The van der Waals surface area contributed by atoms with Crippen molar-refractivity contribution in [2.75, 3.05) is 7.11 Å². The first-order chi connectivity index (χ1) is 20.9. The Bertz CT molecular complexity index is 1710. The van der Waals surface area contributed by atoms with Crippen LogP contribution in [0.25, 0.3) is 0 Å². The Morgan fingerprint density at radius 1 is 0.767 bits per heavy atom. The highest BCUT2D eigenvalue weighted by atomic mass is 31.1. The van der Waals surface area contributed by atoms with Gasteiger partial charge in [0, 0.05) is 70.8 Å². The van der Waals surface area contributed by atoms with Gasteiger partial charge in [-0.2, -0.15) is 0 Å². The minimum atomic E-state index is -0.657. The van der Waals surface area contributed by atoms with Crippen LogP contribution < -0.4 is 9.47 Å². The fraction of sp³-hybridized carbons (Fsp3) is 0.351. The van der Waals surface area contributed by atoms with Gasteiger partial charge in [0.05, 0.1) is 7.11 Å². The van der Waals surface area contributed by atoms with E-state index in [2.05, 4.69) is 116 Å². The molecule has 6 heteroatoms. The van der Waals surface area contributed by atoms with E-state index >= 15 is 0 Å². The lowest BCUT2D eigenvalue weighted by Crippen LogP contribution is -2.21. The average Bonchev–Trinajstić information content (AvgIpc) is 3.75. The molecule has 0 saturated heterocycles. The third-order valence-electron chi connectivity index (χ3n) is 9.19. The van der Waals surface area contributed by atoms with Crippen LogP contribution >= 0.6 is 8.22 Å². The first-order valence-electron chi connectivity index (χ1n) is 15.6. The van der Waals surface area contributed by atoms with Crippen LogP contribution in [0, 0.1) is 6.92 Å². The van der Waals surface area contributed by atoms with E-state index in [0.29, 0.717) is 5.92 Å². The molecule has 0 N–H and O–H groups in total. The lowest BCUT2D eigenvalue weighted by Gasteiger charge is -2.36. The van der Waals surface area contributed by atoms with Crippen LogP contribution in [0.1, 0.15) is 84.5 Å². The second-order valence-corrected chi connectivity index (χ2v) is 13.5. The summed E-state index contributed by atoms with van der Waals surface area (Å²) in [5, 5.41) is 0. The van der Waals surface area contributed by atoms with Gasteiger partial charge in [-0.1, -0.05) is 58.0 Å². The number of aromatic nitrogens is 3. The summed E-state index contributed by atoms with van der Waals surface area (Å²) in [6.07, 6.45) is 5.02. The minimum absolute atomic E-state index is 0.399. The normalized spacial score (nSPS) is 16.3. The van der Waals surface area contributed by atoms with Gasteiger partial charge in [0.25, 0.3) is 0 Å². The van der Waals surface area contributed by atoms with E-state index in [1.54, 1.807) is 7.11 Å². The Labute approximate surface area is 257 Å². The van der Waals surface area contributed by atoms with Crippen molar-refractivity contribution in [3.63, 3.8) is 0 Å². The number of nitrogens with zero attached hydrogens (tertiary/aromatic N) is 3. The summed E-state index contributed by atoms with van der Waals surface area (Å²) in [6, 6.07) is 26.5. The molecule has 2 aliphatic rings. The maximum absolute atomic E-state index is 6.61. The van der Waals surface area contributed by atoms with Crippen LogP contribution in [0.4, 0.5) is 0 Å². The zero-order valence-corrected chi connectivity index (χ0v) is 27.5. The molecule has 0 atom stereocenters. The fourth-order valence-corrected chi connectivity index (χ4v) is 9.64. The summed E-state index contributed by atoms with van der Waals surface area (Å²) in [4.78, 5) is 0. The Hall–Kier alpha value is -3.69. The zero-order valence-electron chi connectivity index (χ0n) is 26.6. The van der Waals surface area contributed by atoms with Gasteiger partial charge in [-0.05, 0) is 74.2 Å². The van der Waals surface area contributed by atoms with Crippen LogP contribution in [0.15, 0.2) is 72.8 Å². The summed E-state index contributed by atoms with van der Waals surface area (Å²) in [7, 11) is 3.16. The molecular formula is C37H44N3O2P. The predicted octanol–water partition coefficient (Wildman–Crippen LogP) is 9.39. The van der Waals surface area contributed by atoms with Gasteiger partial charge in [-0.3, -0.25) is 0 Å². The molecule has 0 bridgehead atoms. The monoisotopic (exact) mass is 593 g/mol. The molecule has 2 aliphatic heterocycles. The van der Waals surface area contributed by atoms with Crippen molar-refractivity contribution in [1.29, 1.82) is 0 Å². The van der Waals surface area contributed by atoms with Gasteiger partial charge in [0.1, 0.15) is 14.0 Å². The lowest BCUT2D eigenvalue weighted by molar-refractivity contribution is 0.370. The smallest absolute Gasteiger partial charge is 0.172 e.